The Kier molecular flexibility index (Phi) is 5.71. The molecule has 0 radical (unpaired) electrons. The van der Waals surface area contributed by atoms with Crippen molar-refractivity contribution >= 4 is 17.4 Å². The minimum atomic E-state index is -0.593. The van der Waals surface area contributed by atoms with Crippen molar-refractivity contribution in [2.24, 2.45) is 0 Å². The first-order valence-electron chi connectivity index (χ1n) is 10.8. The minimum absolute atomic E-state index is 0.0604. The number of aromatic amines is 1. The van der Waals surface area contributed by atoms with Crippen molar-refractivity contribution in [3.8, 4) is 28.7 Å². The zero-order chi connectivity index (χ0) is 25.2. The number of nitro groups is 1. The molecule has 0 saturated carbocycles. The summed E-state index contributed by atoms with van der Waals surface area (Å²) < 4.78 is 6.71. The van der Waals surface area contributed by atoms with E-state index in [4.69, 9.17) is 4.42 Å². The predicted octanol–water partition coefficient (Wildman–Crippen LogP) is 4.35. The Morgan fingerprint density at radius 1 is 1.06 bits per heavy atom. The van der Waals surface area contributed by atoms with E-state index < -0.39 is 16.4 Å². The number of furan rings is 1. The second kappa shape index (κ2) is 9.14. The van der Waals surface area contributed by atoms with E-state index in [-0.39, 0.29) is 28.6 Å². The largest absolute Gasteiger partial charge is 0.463 e. The Balaban J connectivity index is 1.60. The van der Waals surface area contributed by atoms with Crippen LogP contribution in [0.4, 0.5) is 11.5 Å². The lowest BCUT2D eigenvalue weighted by molar-refractivity contribution is -0.385. The first-order valence-corrected chi connectivity index (χ1v) is 10.8. The summed E-state index contributed by atoms with van der Waals surface area (Å²) >= 11 is 0. The molecule has 2 aromatic carbocycles. The highest BCUT2D eigenvalue weighted by Crippen LogP contribution is 2.27. The third-order valence-electron chi connectivity index (χ3n) is 5.47. The van der Waals surface area contributed by atoms with E-state index in [9.17, 15) is 19.7 Å². The normalized spacial score (nSPS) is 10.8. The van der Waals surface area contributed by atoms with Crippen LogP contribution in [-0.2, 0) is 0 Å². The van der Waals surface area contributed by atoms with Crippen LogP contribution in [0.5, 0.6) is 0 Å². The van der Waals surface area contributed by atoms with Gasteiger partial charge in [0, 0.05) is 34.9 Å². The highest BCUT2D eigenvalue weighted by atomic mass is 16.6. The quantitative estimate of drug-likeness (QED) is 0.270. The number of carbonyl (C=O) groups excluding carboxylic acids is 1. The second-order valence-corrected chi connectivity index (χ2v) is 7.79. The maximum atomic E-state index is 13.2. The molecule has 1 amide bonds. The van der Waals surface area contributed by atoms with Crippen molar-refractivity contribution in [1.29, 1.82) is 0 Å². The number of nitrogens with zero attached hydrogens (tertiary/aromatic N) is 4. The predicted molar refractivity (Wildman–Crippen MR) is 131 cm³/mol. The average Bonchev–Trinajstić information content (AvgIpc) is 3.54. The molecule has 5 rings (SSSR count). The summed E-state index contributed by atoms with van der Waals surface area (Å²) in [4.78, 5) is 43.6. The van der Waals surface area contributed by atoms with E-state index in [0.717, 1.165) is 5.56 Å². The fraction of sp³-hybridized carbons (Fsp3) is 0.0400. The summed E-state index contributed by atoms with van der Waals surface area (Å²) in [5.74, 6) is 0.0677. The third kappa shape index (κ3) is 4.28. The van der Waals surface area contributed by atoms with Crippen molar-refractivity contribution in [3.05, 3.63) is 111 Å². The SMILES string of the molecule is Cc1c(C(=O)Nc2cc(-c3ccco3)nn2-c2nc(-c3ccccc3)cc(=O)[nH]2)cccc1[N+](=O)[O-]. The zero-order valence-corrected chi connectivity index (χ0v) is 18.8. The highest BCUT2D eigenvalue weighted by Gasteiger charge is 2.22. The summed E-state index contributed by atoms with van der Waals surface area (Å²) in [6.07, 6.45) is 1.48. The number of nitrogens with one attached hydrogen (secondary N) is 2. The first kappa shape index (κ1) is 22.5. The van der Waals surface area contributed by atoms with Crippen LogP contribution in [0.25, 0.3) is 28.7 Å². The molecule has 0 spiro atoms. The van der Waals surface area contributed by atoms with Gasteiger partial charge in [-0.15, -0.1) is 0 Å². The first-order chi connectivity index (χ1) is 17.4. The summed E-state index contributed by atoms with van der Waals surface area (Å²) in [5, 5.41) is 18.5. The number of aromatic nitrogens is 4. The van der Waals surface area contributed by atoms with E-state index in [1.807, 2.05) is 30.3 Å². The van der Waals surface area contributed by atoms with Crippen LogP contribution < -0.4 is 10.9 Å². The molecule has 2 N–H and O–H groups in total. The van der Waals surface area contributed by atoms with Crippen LogP contribution in [0.15, 0.2) is 88.3 Å². The van der Waals surface area contributed by atoms with Gasteiger partial charge < -0.3 is 9.73 Å². The molecule has 0 aliphatic rings. The van der Waals surface area contributed by atoms with Crippen LogP contribution in [0, 0.1) is 17.0 Å². The van der Waals surface area contributed by atoms with Crippen molar-refractivity contribution in [3.63, 3.8) is 0 Å². The fourth-order valence-electron chi connectivity index (χ4n) is 3.73. The molecular formula is C25H18N6O5. The number of anilines is 1. The van der Waals surface area contributed by atoms with Crippen molar-refractivity contribution < 1.29 is 14.1 Å². The summed E-state index contributed by atoms with van der Waals surface area (Å²) in [6.45, 7) is 1.50. The number of H-pyrrole nitrogens is 1. The van der Waals surface area contributed by atoms with E-state index in [0.29, 0.717) is 17.1 Å². The van der Waals surface area contributed by atoms with Crippen LogP contribution in [0.3, 0.4) is 0 Å². The topological polar surface area (TPSA) is 149 Å². The number of hydrogen-bond donors (Lipinski definition) is 2. The third-order valence-corrected chi connectivity index (χ3v) is 5.47. The highest BCUT2D eigenvalue weighted by molar-refractivity contribution is 6.05. The van der Waals surface area contributed by atoms with Gasteiger partial charge in [-0.3, -0.25) is 24.7 Å². The molecule has 11 heteroatoms. The number of rotatable bonds is 6. The molecular weight excluding hydrogens is 464 g/mol. The van der Waals surface area contributed by atoms with Gasteiger partial charge in [0.05, 0.1) is 16.9 Å². The molecule has 0 unspecified atom stereocenters. The Bertz CT molecular complexity index is 1640. The smallest absolute Gasteiger partial charge is 0.273 e. The maximum Gasteiger partial charge on any atom is 0.273 e. The Morgan fingerprint density at radius 2 is 1.86 bits per heavy atom. The van der Waals surface area contributed by atoms with Gasteiger partial charge in [0.1, 0.15) is 11.5 Å². The van der Waals surface area contributed by atoms with Crippen LogP contribution >= 0.6 is 0 Å². The molecule has 0 fully saturated rings. The number of hydrogen-bond acceptors (Lipinski definition) is 7. The average molecular weight is 482 g/mol. The van der Waals surface area contributed by atoms with Crippen LogP contribution in [-0.4, -0.2) is 30.6 Å². The van der Waals surface area contributed by atoms with Gasteiger partial charge in [0.15, 0.2) is 5.76 Å². The summed E-state index contributed by atoms with van der Waals surface area (Å²) in [6, 6.07) is 19.7. The molecule has 0 bridgehead atoms. The van der Waals surface area contributed by atoms with E-state index in [1.54, 1.807) is 18.2 Å². The Morgan fingerprint density at radius 3 is 2.58 bits per heavy atom. The number of carbonyl (C=O) groups is 1. The molecule has 0 aliphatic carbocycles. The summed E-state index contributed by atoms with van der Waals surface area (Å²) in [5.41, 5.74) is 1.26. The Labute approximate surface area is 203 Å². The number of amides is 1. The molecule has 0 aliphatic heterocycles. The fourth-order valence-corrected chi connectivity index (χ4v) is 3.73. The van der Waals surface area contributed by atoms with Gasteiger partial charge in [-0.2, -0.15) is 9.78 Å². The molecule has 11 nitrogen and oxygen atoms in total. The van der Waals surface area contributed by atoms with Crippen LogP contribution in [0.2, 0.25) is 0 Å². The molecule has 36 heavy (non-hydrogen) atoms. The standard InChI is InChI=1S/C25H18N6O5/c1-15-17(9-5-10-20(15)31(34)35)24(33)27-22-13-19(21-11-6-12-36-21)29-30(22)25-26-18(14-23(32)28-25)16-7-3-2-4-8-16/h2-14H,1H3,(H,27,33)(H,26,28,32). The van der Waals surface area contributed by atoms with Crippen molar-refractivity contribution in [2.75, 3.05) is 5.32 Å². The summed E-state index contributed by atoms with van der Waals surface area (Å²) in [7, 11) is 0. The number of nitro benzene ring substituents is 1. The molecule has 178 valence electrons. The molecule has 0 saturated heterocycles. The molecule has 3 aromatic heterocycles. The lowest BCUT2D eigenvalue weighted by Crippen LogP contribution is -2.19. The number of benzene rings is 2. The molecule has 3 heterocycles. The van der Waals surface area contributed by atoms with Gasteiger partial charge >= 0.3 is 0 Å². The lowest BCUT2D eigenvalue weighted by atomic mass is 10.1. The van der Waals surface area contributed by atoms with Gasteiger partial charge in [-0.1, -0.05) is 36.4 Å². The Hall–Kier alpha value is -5.32. The monoisotopic (exact) mass is 482 g/mol. The van der Waals surface area contributed by atoms with Gasteiger partial charge in [-0.25, -0.2) is 4.98 Å². The van der Waals surface area contributed by atoms with Gasteiger partial charge in [-0.05, 0) is 25.1 Å². The van der Waals surface area contributed by atoms with Crippen molar-refractivity contribution in [1.82, 2.24) is 19.7 Å². The second-order valence-electron chi connectivity index (χ2n) is 7.79. The molecule has 5 aromatic rings. The zero-order valence-electron chi connectivity index (χ0n) is 18.8. The lowest BCUT2D eigenvalue weighted by Gasteiger charge is -2.10. The van der Waals surface area contributed by atoms with E-state index in [2.05, 4.69) is 20.4 Å². The van der Waals surface area contributed by atoms with Gasteiger partial charge in [0.25, 0.3) is 17.2 Å². The van der Waals surface area contributed by atoms with E-state index >= 15 is 0 Å². The molecule has 0 atom stereocenters. The van der Waals surface area contributed by atoms with E-state index in [1.165, 1.54) is 42.1 Å². The van der Waals surface area contributed by atoms with Crippen LogP contribution in [0.1, 0.15) is 15.9 Å². The minimum Gasteiger partial charge on any atom is -0.463 e. The maximum absolute atomic E-state index is 13.2. The van der Waals surface area contributed by atoms with Crippen molar-refractivity contribution in [2.45, 2.75) is 6.92 Å². The van der Waals surface area contributed by atoms with Gasteiger partial charge in [0.2, 0.25) is 5.95 Å².